The van der Waals surface area contributed by atoms with Gasteiger partial charge in [-0.25, -0.2) is 0 Å². The van der Waals surface area contributed by atoms with Gasteiger partial charge in [0.1, 0.15) is 0 Å². The summed E-state index contributed by atoms with van der Waals surface area (Å²) in [7, 11) is 0. The van der Waals surface area contributed by atoms with E-state index in [1.54, 1.807) is 0 Å². The molecule has 0 aliphatic rings. The maximum Gasteiger partial charge on any atom is 0.0385 e. The molecule has 0 fully saturated rings. The summed E-state index contributed by atoms with van der Waals surface area (Å²) in [5.74, 6) is 0.629. The van der Waals surface area contributed by atoms with E-state index in [2.05, 4.69) is 74.4 Å². The van der Waals surface area contributed by atoms with Gasteiger partial charge in [0.05, 0.1) is 0 Å². The predicted octanol–water partition coefficient (Wildman–Crippen LogP) is 6.69. The minimum absolute atomic E-state index is 0.629. The standard InChI is InChI=1S/C21H35N/c1-4-6-7-8-9-10-11-12-13-14-15-17-21(3)18-16-20-22-19-5-2/h9-15,17,19,21H,4-8,16,18,20H2,1-3H3/b10-9+,12-11-,14-13+,17-15+,22-19+. The highest BCUT2D eigenvalue weighted by Crippen LogP contribution is 2.07. The number of aliphatic imine (C=N–C) groups is 1. The summed E-state index contributed by atoms with van der Waals surface area (Å²) in [6.07, 6.45) is 27.8. The molecule has 0 aliphatic heterocycles. The van der Waals surface area contributed by atoms with Crippen LogP contribution in [0.2, 0.25) is 0 Å². The van der Waals surface area contributed by atoms with Gasteiger partial charge in [0.25, 0.3) is 0 Å². The zero-order chi connectivity index (χ0) is 16.3. The normalized spacial score (nSPS) is 14.5. The highest BCUT2D eigenvalue weighted by molar-refractivity contribution is 5.56. The molecule has 0 aromatic carbocycles. The molecular weight excluding hydrogens is 266 g/mol. The molecule has 0 N–H and O–H groups in total. The molecule has 0 saturated heterocycles. The van der Waals surface area contributed by atoms with Gasteiger partial charge in [-0.3, -0.25) is 4.99 Å². The Morgan fingerprint density at radius 2 is 1.59 bits per heavy atom. The Kier molecular flexibility index (Phi) is 16.6. The van der Waals surface area contributed by atoms with Crippen LogP contribution in [0.3, 0.4) is 0 Å². The second kappa shape index (κ2) is 17.7. The van der Waals surface area contributed by atoms with E-state index in [9.17, 15) is 0 Å². The Labute approximate surface area is 138 Å². The van der Waals surface area contributed by atoms with Crippen LogP contribution in [0.5, 0.6) is 0 Å². The maximum atomic E-state index is 4.34. The van der Waals surface area contributed by atoms with Crippen molar-refractivity contribution in [3.8, 4) is 0 Å². The molecule has 1 atom stereocenters. The lowest BCUT2D eigenvalue weighted by Gasteiger charge is -2.02. The van der Waals surface area contributed by atoms with Crippen LogP contribution in [0.4, 0.5) is 0 Å². The van der Waals surface area contributed by atoms with Crippen LogP contribution in [0, 0.1) is 5.92 Å². The summed E-state index contributed by atoms with van der Waals surface area (Å²) >= 11 is 0. The zero-order valence-corrected chi connectivity index (χ0v) is 14.9. The topological polar surface area (TPSA) is 12.4 Å². The minimum Gasteiger partial charge on any atom is -0.298 e. The molecule has 124 valence electrons. The van der Waals surface area contributed by atoms with Crippen molar-refractivity contribution in [2.24, 2.45) is 10.9 Å². The van der Waals surface area contributed by atoms with Gasteiger partial charge in [0.2, 0.25) is 0 Å². The fraction of sp³-hybridized carbons (Fsp3) is 0.571. The molecule has 0 spiro atoms. The molecule has 0 amide bonds. The van der Waals surface area contributed by atoms with Crippen molar-refractivity contribution in [2.45, 2.75) is 65.7 Å². The van der Waals surface area contributed by atoms with Crippen LogP contribution >= 0.6 is 0 Å². The van der Waals surface area contributed by atoms with Crippen molar-refractivity contribution < 1.29 is 0 Å². The molecule has 0 bridgehead atoms. The lowest BCUT2D eigenvalue weighted by atomic mass is 10.1. The molecule has 0 heterocycles. The van der Waals surface area contributed by atoms with Gasteiger partial charge < -0.3 is 0 Å². The van der Waals surface area contributed by atoms with Gasteiger partial charge in [-0.2, -0.15) is 0 Å². The van der Waals surface area contributed by atoms with Crippen molar-refractivity contribution in [3.05, 3.63) is 48.6 Å². The molecule has 1 unspecified atom stereocenters. The van der Waals surface area contributed by atoms with Crippen LogP contribution in [-0.4, -0.2) is 12.8 Å². The van der Waals surface area contributed by atoms with Crippen LogP contribution in [0.15, 0.2) is 53.6 Å². The van der Waals surface area contributed by atoms with Crippen LogP contribution in [0.25, 0.3) is 0 Å². The van der Waals surface area contributed by atoms with E-state index in [-0.39, 0.29) is 0 Å². The van der Waals surface area contributed by atoms with Crippen LogP contribution in [0.1, 0.15) is 65.7 Å². The Morgan fingerprint density at radius 1 is 0.864 bits per heavy atom. The van der Waals surface area contributed by atoms with Gasteiger partial charge in [-0.15, -0.1) is 0 Å². The third-order valence-electron chi connectivity index (χ3n) is 3.36. The first-order valence-electron chi connectivity index (χ1n) is 8.96. The first kappa shape index (κ1) is 20.6. The van der Waals surface area contributed by atoms with Crippen molar-refractivity contribution in [1.82, 2.24) is 0 Å². The average Bonchev–Trinajstić information content (AvgIpc) is 2.52. The maximum absolute atomic E-state index is 4.34. The molecule has 1 nitrogen and oxygen atoms in total. The predicted molar refractivity (Wildman–Crippen MR) is 103 cm³/mol. The number of unbranched alkanes of at least 4 members (excludes halogenated alkanes) is 3. The monoisotopic (exact) mass is 301 g/mol. The second-order valence-corrected chi connectivity index (χ2v) is 5.70. The molecular formula is C21H35N. The first-order chi connectivity index (χ1) is 10.8. The Hall–Kier alpha value is -1.37. The van der Waals surface area contributed by atoms with Gasteiger partial charge >= 0.3 is 0 Å². The highest BCUT2D eigenvalue weighted by Gasteiger charge is 1.94. The summed E-state index contributed by atoms with van der Waals surface area (Å²) in [5.41, 5.74) is 0. The smallest absolute Gasteiger partial charge is 0.0385 e. The third kappa shape index (κ3) is 16.7. The summed E-state index contributed by atoms with van der Waals surface area (Å²) in [5, 5.41) is 0. The lowest BCUT2D eigenvalue weighted by Crippen LogP contribution is -1.91. The van der Waals surface area contributed by atoms with E-state index in [0.29, 0.717) is 5.92 Å². The van der Waals surface area contributed by atoms with Crippen molar-refractivity contribution in [1.29, 1.82) is 0 Å². The summed E-state index contributed by atoms with van der Waals surface area (Å²) in [4.78, 5) is 4.34. The quantitative estimate of drug-likeness (QED) is 0.204. The number of nitrogens with zero attached hydrogens (tertiary/aromatic N) is 1. The van der Waals surface area contributed by atoms with E-state index in [0.717, 1.165) is 13.0 Å². The Balaban J connectivity index is 3.66. The van der Waals surface area contributed by atoms with Gasteiger partial charge in [-0.05, 0) is 44.2 Å². The van der Waals surface area contributed by atoms with E-state index < -0.39 is 0 Å². The number of allylic oxidation sites excluding steroid dienone is 8. The van der Waals surface area contributed by atoms with E-state index in [4.69, 9.17) is 0 Å². The van der Waals surface area contributed by atoms with E-state index in [1.165, 1.54) is 38.5 Å². The van der Waals surface area contributed by atoms with Gasteiger partial charge in [0.15, 0.2) is 0 Å². The van der Waals surface area contributed by atoms with Crippen LogP contribution in [-0.2, 0) is 0 Å². The van der Waals surface area contributed by atoms with Crippen molar-refractivity contribution >= 4 is 6.21 Å². The number of hydrogen-bond acceptors (Lipinski definition) is 1. The molecule has 0 aromatic heterocycles. The Morgan fingerprint density at radius 3 is 2.32 bits per heavy atom. The molecule has 0 aliphatic carbocycles. The molecule has 0 saturated carbocycles. The van der Waals surface area contributed by atoms with E-state index >= 15 is 0 Å². The average molecular weight is 302 g/mol. The fourth-order valence-electron chi connectivity index (χ4n) is 2.02. The van der Waals surface area contributed by atoms with E-state index in [1.807, 2.05) is 6.21 Å². The van der Waals surface area contributed by atoms with Crippen molar-refractivity contribution in [3.63, 3.8) is 0 Å². The lowest BCUT2D eigenvalue weighted by molar-refractivity contribution is 0.614. The Bertz CT molecular complexity index is 358. The molecule has 0 radical (unpaired) electrons. The molecule has 0 rings (SSSR count). The number of rotatable bonds is 13. The SMILES string of the molecule is CC/C=N/CCCC(C)/C=C/C=C/C=C\C=C\CCCCC. The molecule has 0 aromatic rings. The minimum atomic E-state index is 0.629. The third-order valence-corrected chi connectivity index (χ3v) is 3.36. The molecule has 1 heteroatoms. The summed E-state index contributed by atoms with van der Waals surface area (Å²) in [6.45, 7) is 7.60. The molecule has 22 heavy (non-hydrogen) atoms. The summed E-state index contributed by atoms with van der Waals surface area (Å²) < 4.78 is 0. The fourth-order valence-corrected chi connectivity index (χ4v) is 2.02. The largest absolute Gasteiger partial charge is 0.298 e. The number of hydrogen-bond donors (Lipinski definition) is 0. The van der Waals surface area contributed by atoms with Gasteiger partial charge in [0, 0.05) is 6.54 Å². The van der Waals surface area contributed by atoms with Crippen molar-refractivity contribution in [2.75, 3.05) is 6.54 Å². The highest BCUT2D eigenvalue weighted by atomic mass is 14.7. The van der Waals surface area contributed by atoms with Crippen LogP contribution < -0.4 is 0 Å². The summed E-state index contributed by atoms with van der Waals surface area (Å²) in [6, 6.07) is 0. The van der Waals surface area contributed by atoms with Gasteiger partial charge in [-0.1, -0.05) is 82.2 Å². The zero-order valence-electron chi connectivity index (χ0n) is 14.9. The first-order valence-corrected chi connectivity index (χ1v) is 8.96. The second-order valence-electron chi connectivity index (χ2n) is 5.70.